The van der Waals surface area contributed by atoms with Crippen LogP contribution in [0.4, 0.5) is 10.1 Å². The number of hydrogen-bond acceptors (Lipinski definition) is 5. The monoisotopic (exact) mass is 603 g/mol. The van der Waals surface area contributed by atoms with Crippen LogP contribution >= 0.6 is 11.6 Å². The summed E-state index contributed by atoms with van der Waals surface area (Å²) >= 11 is 6.25. The molecule has 0 spiro atoms. The van der Waals surface area contributed by atoms with E-state index < -0.39 is 40.2 Å². The number of carbonyl (C=O) groups excluding carboxylic acids is 2. The van der Waals surface area contributed by atoms with Crippen LogP contribution in [0, 0.1) is 12.7 Å². The van der Waals surface area contributed by atoms with Gasteiger partial charge in [0.05, 0.1) is 17.7 Å². The van der Waals surface area contributed by atoms with E-state index >= 15 is 0 Å². The molecule has 0 saturated carbocycles. The van der Waals surface area contributed by atoms with Crippen molar-refractivity contribution in [2.75, 3.05) is 18.0 Å². The Morgan fingerprint density at radius 2 is 1.66 bits per heavy atom. The molecule has 220 valence electrons. The van der Waals surface area contributed by atoms with E-state index in [1.54, 1.807) is 25.1 Å². The van der Waals surface area contributed by atoms with E-state index in [-0.39, 0.29) is 33.9 Å². The summed E-state index contributed by atoms with van der Waals surface area (Å²) in [6.45, 7) is 6.45. The molecule has 41 heavy (non-hydrogen) atoms. The zero-order valence-corrected chi connectivity index (χ0v) is 25.3. The first-order chi connectivity index (χ1) is 19.4. The van der Waals surface area contributed by atoms with Gasteiger partial charge in [0, 0.05) is 17.6 Å². The molecule has 0 bridgehead atoms. The van der Waals surface area contributed by atoms with Crippen molar-refractivity contribution in [1.82, 2.24) is 10.2 Å². The molecule has 0 unspecified atom stereocenters. The van der Waals surface area contributed by atoms with E-state index in [1.165, 1.54) is 60.5 Å². The Balaban J connectivity index is 2.09. The normalized spacial score (nSPS) is 12.8. The Kier molecular flexibility index (Phi) is 10.8. The van der Waals surface area contributed by atoms with E-state index in [0.717, 1.165) is 9.87 Å². The summed E-state index contributed by atoms with van der Waals surface area (Å²) in [7, 11) is -2.92. The number of anilines is 1. The molecule has 11 heteroatoms. The zero-order valence-electron chi connectivity index (χ0n) is 23.7. The maximum absolute atomic E-state index is 14.0. The number of rotatable bonds is 12. The molecule has 0 radical (unpaired) electrons. The fraction of sp³-hybridized carbons (Fsp3) is 0.333. The molecule has 0 aliphatic carbocycles. The van der Waals surface area contributed by atoms with Crippen LogP contribution in [0.15, 0.2) is 71.6 Å². The molecule has 0 aliphatic rings. The molecule has 0 saturated heterocycles. The van der Waals surface area contributed by atoms with Crippen LogP contribution in [0.5, 0.6) is 5.75 Å². The first-order valence-electron chi connectivity index (χ1n) is 13.1. The van der Waals surface area contributed by atoms with Gasteiger partial charge in [0.1, 0.15) is 24.2 Å². The Morgan fingerprint density at radius 1 is 1.02 bits per heavy atom. The lowest BCUT2D eigenvalue weighted by Crippen LogP contribution is -2.52. The first kappa shape index (κ1) is 31.9. The lowest BCUT2D eigenvalue weighted by molar-refractivity contribution is -0.139. The van der Waals surface area contributed by atoms with Crippen LogP contribution in [0.3, 0.4) is 0 Å². The minimum atomic E-state index is -4.30. The number of aryl methyl sites for hydroxylation is 1. The standard InChI is InChI=1S/C30H35ClFN3O5S/c1-6-21(3)33-30(37)22(4)34(18-23-9-12-25(32)13-10-23)29(36)19-35(27-17-24(31)11-16-28(27)40-5)41(38,39)26-14-7-20(2)8-15-26/h7-17,21-22H,6,18-19H2,1-5H3,(H,33,37)/t21-,22-/m1/s1. The van der Waals surface area contributed by atoms with Gasteiger partial charge in [-0.15, -0.1) is 0 Å². The summed E-state index contributed by atoms with van der Waals surface area (Å²) in [5, 5.41) is 3.11. The van der Waals surface area contributed by atoms with Crippen LogP contribution in [-0.4, -0.2) is 50.9 Å². The number of nitrogens with one attached hydrogen (secondary N) is 1. The number of sulfonamides is 1. The van der Waals surface area contributed by atoms with E-state index in [4.69, 9.17) is 16.3 Å². The van der Waals surface area contributed by atoms with E-state index in [9.17, 15) is 22.4 Å². The molecule has 3 aromatic carbocycles. The van der Waals surface area contributed by atoms with Crippen molar-refractivity contribution in [3.05, 3.63) is 88.7 Å². The highest BCUT2D eigenvalue weighted by Crippen LogP contribution is 2.35. The molecule has 0 heterocycles. The molecule has 2 amide bonds. The van der Waals surface area contributed by atoms with Gasteiger partial charge in [0.2, 0.25) is 11.8 Å². The molecule has 3 aromatic rings. The third-order valence-electron chi connectivity index (χ3n) is 6.73. The molecule has 1 N–H and O–H groups in total. The van der Waals surface area contributed by atoms with Crippen LogP contribution in [-0.2, 0) is 26.2 Å². The Hall–Kier alpha value is -3.63. The van der Waals surface area contributed by atoms with Gasteiger partial charge in [-0.3, -0.25) is 13.9 Å². The SMILES string of the molecule is CC[C@@H](C)NC(=O)[C@@H](C)N(Cc1ccc(F)cc1)C(=O)CN(c1cc(Cl)ccc1OC)S(=O)(=O)c1ccc(C)cc1. The van der Waals surface area contributed by atoms with Crippen LogP contribution in [0.25, 0.3) is 0 Å². The molecule has 0 aromatic heterocycles. The minimum Gasteiger partial charge on any atom is -0.495 e. The van der Waals surface area contributed by atoms with E-state index in [2.05, 4.69) is 5.32 Å². The summed E-state index contributed by atoms with van der Waals surface area (Å²) in [4.78, 5) is 28.4. The molecule has 8 nitrogen and oxygen atoms in total. The summed E-state index contributed by atoms with van der Waals surface area (Å²) in [6.07, 6.45) is 0.682. The number of hydrogen-bond donors (Lipinski definition) is 1. The van der Waals surface area contributed by atoms with Gasteiger partial charge in [-0.25, -0.2) is 12.8 Å². The third-order valence-corrected chi connectivity index (χ3v) is 8.74. The maximum Gasteiger partial charge on any atom is 0.264 e. The lowest BCUT2D eigenvalue weighted by atomic mass is 10.1. The van der Waals surface area contributed by atoms with Gasteiger partial charge in [-0.1, -0.05) is 48.4 Å². The Morgan fingerprint density at radius 3 is 2.24 bits per heavy atom. The minimum absolute atomic E-state index is 0.0365. The Labute approximate surface area is 246 Å². The molecule has 3 rings (SSSR count). The van der Waals surface area contributed by atoms with Crippen molar-refractivity contribution in [2.24, 2.45) is 0 Å². The number of ether oxygens (including phenoxy) is 1. The second kappa shape index (κ2) is 13.8. The number of nitrogens with zero attached hydrogens (tertiary/aromatic N) is 2. The van der Waals surface area contributed by atoms with E-state index in [0.29, 0.717) is 12.0 Å². The average Bonchev–Trinajstić information content (AvgIpc) is 2.95. The number of halogens is 2. The quantitative estimate of drug-likeness (QED) is 0.302. The molecular formula is C30H35ClFN3O5S. The third kappa shape index (κ3) is 7.98. The second-order valence-electron chi connectivity index (χ2n) is 9.78. The van der Waals surface area contributed by atoms with Gasteiger partial charge < -0.3 is 15.0 Å². The molecule has 2 atom stereocenters. The van der Waals surface area contributed by atoms with Gasteiger partial charge in [-0.05, 0) is 75.2 Å². The number of carbonyl (C=O) groups is 2. The number of benzene rings is 3. The Bertz CT molecular complexity index is 1470. The lowest BCUT2D eigenvalue weighted by Gasteiger charge is -2.33. The predicted molar refractivity (Wildman–Crippen MR) is 158 cm³/mol. The topological polar surface area (TPSA) is 96.0 Å². The first-order valence-corrected chi connectivity index (χ1v) is 15.0. The van der Waals surface area contributed by atoms with Crippen molar-refractivity contribution in [3.63, 3.8) is 0 Å². The smallest absolute Gasteiger partial charge is 0.264 e. The molecule has 0 aliphatic heterocycles. The largest absolute Gasteiger partial charge is 0.495 e. The van der Waals surface area contributed by atoms with Gasteiger partial charge in [0.15, 0.2) is 0 Å². The van der Waals surface area contributed by atoms with E-state index in [1.807, 2.05) is 20.8 Å². The maximum atomic E-state index is 14.0. The van der Waals surface area contributed by atoms with Gasteiger partial charge in [0.25, 0.3) is 10.0 Å². The van der Waals surface area contributed by atoms with Crippen LogP contribution in [0.1, 0.15) is 38.3 Å². The fourth-order valence-electron chi connectivity index (χ4n) is 4.04. The van der Waals surface area contributed by atoms with Gasteiger partial charge >= 0.3 is 0 Å². The highest BCUT2D eigenvalue weighted by atomic mass is 35.5. The predicted octanol–water partition coefficient (Wildman–Crippen LogP) is 5.32. The average molecular weight is 604 g/mol. The highest BCUT2D eigenvalue weighted by molar-refractivity contribution is 7.92. The van der Waals surface area contributed by atoms with Crippen molar-refractivity contribution >= 4 is 39.1 Å². The fourth-order valence-corrected chi connectivity index (χ4v) is 5.63. The van der Waals surface area contributed by atoms with Crippen molar-refractivity contribution in [2.45, 2.75) is 57.6 Å². The summed E-state index contributed by atoms with van der Waals surface area (Å²) in [6, 6.07) is 15.1. The second-order valence-corrected chi connectivity index (χ2v) is 12.1. The molecule has 0 fully saturated rings. The van der Waals surface area contributed by atoms with Crippen molar-refractivity contribution < 1.29 is 27.1 Å². The van der Waals surface area contributed by atoms with Crippen LogP contribution in [0.2, 0.25) is 5.02 Å². The van der Waals surface area contributed by atoms with Gasteiger partial charge in [-0.2, -0.15) is 0 Å². The van der Waals surface area contributed by atoms with Crippen molar-refractivity contribution in [1.29, 1.82) is 0 Å². The summed E-state index contributed by atoms with van der Waals surface area (Å²) in [5.74, 6) is -1.31. The summed E-state index contributed by atoms with van der Waals surface area (Å²) < 4.78 is 48.0. The highest BCUT2D eigenvalue weighted by Gasteiger charge is 2.34. The van der Waals surface area contributed by atoms with Crippen LogP contribution < -0.4 is 14.4 Å². The van der Waals surface area contributed by atoms with Crippen molar-refractivity contribution in [3.8, 4) is 5.75 Å². The summed E-state index contributed by atoms with van der Waals surface area (Å²) in [5.41, 5.74) is 1.49. The molecular weight excluding hydrogens is 569 g/mol. The zero-order chi connectivity index (χ0) is 30.3. The number of methoxy groups -OCH3 is 1. The number of amides is 2.